The largest absolute Gasteiger partial charge is 0.394 e. The van der Waals surface area contributed by atoms with Crippen LogP contribution in [-0.2, 0) is 4.74 Å². The van der Waals surface area contributed by atoms with Crippen molar-refractivity contribution in [2.45, 2.75) is 24.5 Å². The number of rotatable bonds is 2. The molecule has 1 aliphatic heterocycles. The summed E-state index contributed by atoms with van der Waals surface area (Å²) < 4.78 is 7.12. The number of anilines is 1. The van der Waals surface area contributed by atoms with Crippen molar-refractivity contribution in [1.29, 1.82) is 0 Å². The summed E-state index contributed by atoms with van der Waals surface area (Å²) >= 11 is 1.85. The lowest BCUT2D eigenvalue weighted by Crippen LogP contribution is -2.33. The molecule has 11 heteroatoms. The third kappa shape index (κ3) is 2.20. The Morgan fingerprint density at radius 1 is 1.38 bits per heavy atom. The number of ether oxygens (including phenoxy) is 1. The van der Waals surface area contributed by atoms with E-state index in [2.05, 4.69) is 15.0 Å². The highest BCUT2D eigenvalue weighted by molar-refractivity contribution is 14.1. The highest BCUT2D eigenvalue weighted by Gasteiger charge is 2.44. The number of H-pyrrole nitrogens is 1. The second-order valence-corrected chi connectivity index (χ2v) is 5.57. The van der Waals surface area contributed by atoms with Crippen LogP contribution in [-0.4, -0.2) is 59.8 Å². The van der Waals surface area contributed by atoms with Crippen LogP contribution in [0.15, 0.2) is 4.79 Å². The number of aliphatic hydroxyl groups excluding tert-OH is 3. The minimum atomic E-state index is -1.30. The minimum absolute atomic E-state index is 0.0475. The fraction of sp³-hybridized carbons (Fsp3) is 0.500. The quantitative estimate of drug-likeness (QED) is 0.279. The van der Waals surface area contributed by atoms with Gasteiger partial charge in [0.05, 0.1) is 6.61 Å². The van der Waals surface area contributed by atoms with Crippen LogP contribution in [0.3, 0.4) is 0 Å². The van der Waals surface area contributed by atoms with E-state index in [1.54, 1.807) is 0 Å². The van der Waals surface area contributed by atoms with Gasteiger partial charge in [0.1, 0.15) is 18.3 Å². The number of hydrogen-bond acceptors (Lipinski definition) is 8. The Balaban J connectivity index is 2.17. The Labute approximate surface area is 130 Å². The fourth-order valence-electron chi connectivity index (χ4n) is 2.29. The summed E-state index contributed by atoms with van der Waals surface area (Å²) in [5, 5.41) is 29.0. The molecule has 3 rings (SSSR count). The summed E-state index contributed by atoms with van der Waals surface area (Å²) in [4.78, 5) is 22.2. The molecule has 1 fully saturated rings. The number of halogens is 1. The molecule has 6 N–H and O–H groups in total. The van der Waals surface area contributed by atoms with Gasteiger partial charge in [-0.25, -0.2) is 4.98 Å². The van der Waals surface area contributed by atoms with E-state index in [9.17, 15) is 15.0 Å². The zero-order chi connectivity index (χ0) is 15.3. The summed E-state index contributed by atoms with van der Waals surface area (Å²) in [6, 6.07) is 0. The molecule has 0 bridgehead atoms. The summed E-state index contributed by atoms with van der Waals surface area (Å²) in [7, 11) is 0. The van der Waals surface area contributed by atoms with Gasteiger partial charge in [0.2, 0.25) is 5.95 Å². The first-order chi connectivity index (χ1) is 9.93. The molecule has 1 saturated heterocycles. The van der Waals surface area contributed by atoms with Gasteiger partial charge < -0.3 is 25.8 Å². The molecular weight excluding hydrogens is 397 g/mol. The Bertz CT molecular complexity index is 745. The molecule has 21 heavy (non-hydrogen) atoms. The van der Waals surface area contributed by atoms with E-state index in [4.69, 9.17) is 15.6 Å². The molecule has 2 aromatic rings. The van der Waals surface area contributed by atoms with Crippen molar-refractivity contribution < 1.29 is 20.1 Å². The highest BCUT2D eigenvalue weighted by Crippen LogP contribution is 2.32. The van der Waals surface area contributed by atoms with E-state index in [0.717, 1.165) is 0 Å². The Hall–Kier alpha value is -1.28. The topological polar surface area (TPSA) is 160 Å². The molecule has 4 atom stereocenters. The average molecular weight is 409 g/mol. The Kier molecular flexibility index (Phi) is 3.61. The predicted molar refractivity (Wildman–Crippen MR) is 78.3 cm³/mol. The van der Waals surface area contributed by atoms with Gasteiger partial charge in [-0.15, -0.1) is 0 Å². The summed E-state index contributed by atoms with van der Waals surface area (Å²) in [6.45, 7) is -0.450. The number of nitrogen functional groups attached to an aromatic ring is 1. The van der Waals surface area contributed by atoms with Crippen LogP contribution in [0.5, 0.6) is 0 Å². The van der Waals surface area contributed by atoms with Crippen LogP contribution >= 0.6 is 22.6 Å². The van der Waals surface area contributed by atoms with Gasteiger partial charge in [-0.1, -0.05) is 0 Å². The van der Waals surface area contributed by atoms with E-state index >= 15 is 0 Å². The number of nitrogens with two attached hydrogens (primary N) is 1. The number of aromatic amines is 1. The fourth-order valence-corrected chi connectivity index (χ4v) is 3.04. The average Bonchev–Trinajstić information content (AvgIpc) is 2.89. The molecule has 114 valence electrons. The first kappa shape index (κ1) is 14.6. The molecule has 10 nitrogen and oxygen atoms in total. The van der Waals surface area contributed by atoms with Crippen LogP contribution in [0, 0.1) is 3.83 Å². The van der Waals surface area contributed by atoms with Gasteiger partial charge in [0.25, 0.3) is 5.56 Å². The monoisotopic (exact) mass is 409 g/mol. The number of hydrogen-bond donors (Lipinski definition) is 5. The number of aromatic nitrogens is 4. The van der Waals surface area contributed by atoms with Crippen LogP contribution < -0.4 is 11.3 Å². The van der Waals surface area contributed by atoms with E-state index < -0.39 is 36.7 Å². The predicted octanol–water partition coefficient (Wildman–Crippen LogP) is -2.08. The van der Waals surface area contributed by atoms with E-state index in [0.29, 0.717) is 3.83 Å². The van der Waals surface area contributed by atoms with Gasteiger partial charge >= 0.3 is 0 Å². The molecule has 0 spiro atoms. The minimum Gasteiger partial charge on any atom is -0.394 e. The standard InChI is InChI=1S/C10H12IN5O5/c11-9-13-3-6(14-10(12)15-7(3)20)16(9)8-5(19)4(18)2(1-17)21-8/h2,4-5,8,17-19H,1H2,(H3,12,14,15,20)/t2-,4+,5-,8-/m1/s1. The van der Waals surface area contributed by atoms with Gasteiger partial charge in [-0.3, -0.25) is 14.3 Å². The first-order valence-electron chi connectivity index (χ1n) is 5.99. The summed E-state index contributed by atoms with van der Waals surface area (Å²) in [6.07, 6.45) is -4.51. The zero-order valence-corrected chi connectivity index (χ0v) is 12.6. The van der Waals surface area contributed by atoms with Crippen molar-refractivity contribution in [3.8, 4) is 0 Å². The SMILES string of the molecule is Nc1nc2c(nc(I)n2[C@@H]2O[C@H](CO)[C@H](O)[C@H]2O)c(=O)[nH]1. The second kappa shape index (κ2) is 5.17. The second-order valence-electron chi connectivity index (χ2n) is 4.60. The number of nitrogens with one attached hydrogen (secondary N) is 1. The zero-order valence-electron chi connectivity index (χ0n) is 10.5. The van der Waals surface area contributed by atoms with Crippen molar-refractivity contribution in [3.63, 3.8) is 0 Å². The lowest BCUT2D eigenvalue weighted by Gasteiger charge is -2.17. The Morgan fingerprint density at radius 2 is 2.10 bits per heavy atom. The molecule has 1 aliphatic rings. The van der Waals surface area contributed by atoms with E-state index in [-0.39, 0.29) is 17.1 Å². The third-order valence-electron chi connectivity index (χ3n) is 3.30. The first-order valence-corrected chi connectivity index (χ1v) is 7.07. The van der Waals surface area contributed by atoms with Crippen LogP contribution in [0.2, 0.25) is 0 Å². The van der Waals surface area contributed by atoms with Crippen molar-refractivity contribution in [1.82, 2.24) is 19.5 Å². The molecule has 0 aromatic carbocycles. The molecule has 0 saturated carbocycles. The van der Waals surface area contributed by atoms with Crippen molar-refractivity contribution in [2.75, 3.05) is 12.3 Å². The maximum atomic E-state index is 11.8. The van der Waals surface area contributed by atoms with Gasteiger partial charge in [-0.2, -0.15) is 4.98 Å². The number of aliphatic hydroxyl groups is 3. The van der Waals surface area contributed by atoms with Gasteiger partial charge in [0.15, 0.2) is 21.2 Å². The summed E-state index contributed by atoms with van der Waals surface area (Å²) in [5.74, 6) is -0.100. The molecule has 3 heterocycles. The lowest BCUT2D eigenvalue weighted by atomic mass is 10.1. The van der Waals surface area contributed by atoms with Gasteiger partial charge in [0, 0.05) is 22.6 Å². The van der Waals surface area contributed by atoms with E-state index in [1.165, 1.54) is 4.57 Å². The number of fused-ring (bicyclic) bond motifs is 1. The Morgan fingerprint density at radius 3 is 2.71 bits per heavy atom. The normalized spacial score (nSPS) is 29.3. The molecule has 0 unspecified atom stereocenters. The number of imidazole rings is 1. The van der Waals surface area contributed by atoms with Crippen molar-refractivity contribution in [2.24, 2.45) is 0 Å². The smallest absolute Gasteiger partial charge is 0.280 e. The maximum absolute atomic E-state index is 11.8. The highest BCUT2D eigenvalue weighted by atomic mass is 127. The van der Waals surface area contributed by atoms with Crippen LogP contribution in [0.25, 0.3) is 11.2 Å². The van der Waals surface area contributed by atoms with Crippen LogP contribution in [0.1, 0.15) is 6.23 Å². The summed E-state index contributed by atoms with van der Waals surface area (Å²) in [5.41, 5.74) is 5.18. The molecule has 0 amide bonds. The maximum Gasteiger partial charge on any atom is 0.280 e. The molecule has 0 radical (unpaired) electrons. The number of nitrogens with zero attached hydrogens (tertiary/aromatic N) is 3. The molecular formula is C10H12IN5O5. The van der Waals surface area contributed by atoms with Gasteiger partial charge in [-0.05, 0) is 0 Å². The molecule has 2 aromatic heterocycles. The van der Waals surface area contributed by atoms with Crippen LogP contribution in [0.4, 0.5) is 5.95 Å². The molecule has 0 aliphatic carbocycles. The van der Waals surface area contributed by atoms with E-state index in [1.807, 2.05) is 22.6 Å². The lowest BCUT2D eigenvalue weighted by molar-refractivity contribution is -0.0522. The van der Waals surface area contributed by atoms with Crippen molar-refractivity contribution in [3.05, 3.63) is 14.2 Å². The third-order valence-corrected chi connectivity index (χ3v) is 4.06. The van der Waals surface area contributed by atoms with Crippen molar-refractivity contribution >= 4 is 39.7 Å².